The summed E-state index contributed by atoms with van der Waals surface area (Å²) in [6.07, 6.45) is 6.36. The number of fused-ring (bicyclic) bond motifs is 3. The third-order valence-corrected chi connectivity index (χ3v) is 9.76. The van der Waals surface area contributed by atoms with Crippen molar-refractivity contribution in [3.05, 3.63) is 90.4 Å². The molecule has 3 unspecified atom stereocenters. The standard InChI is InChI=1S/C31H24ClNO6S2/c32-19-5-2-16(3-6-19)15-37-20-7-9-24-22(13-20)28(34)27(30(36)39-24)25-10-8-21(38-25)14-26-29(35)33(31(40)41-26)23-12-17-1-4-18(23)11-17/h2-3,5-10,13-14,17-18,23,35H,1,4,11-12,15H2. The Kier molecular flexibility index (Phi) is 6.60. The van der Waals surface area contributed by atoms with E-state index in [0.29, 0.717) is 36.9 Å². The molecular formula is C31H24ClNO6S2. The lowest BCUT2D eigenvalue weighted by Crippen LogP contribution is -2.29. The summed E-state index contributed by atoms with van der Waals surface area (Å²) in [5.41, 5.74) is 1.38. The van der Waals surface area contributed by atoms with Crippen molar-refractivity contribution in [2.75, 3.05) is 0 Å². The lowest BCUT2D eigenvalue weighted by atomic mass is 9.95. The van der Waals surface area contributed by atoms with Crippen molar-refractivity contribution in [3.63, 3.8) is 0 Å². The molecule has 3 heterocycles. The lowest BCUT2D eigenvalue weighted by molar-refractivity contribution is -0.128. The van der Waals surface area contributed by atoms with Crippen LogP contribution in [0.3, 0.4) is 0 Å². The molecule has 2 saturated carbocycles. The molecule has 2 aromatic carbocycles. The first-order valence-electron chi connectivity index (χ1n) is 13.4. The topological polar surface area (TPSA) is 90.9 Å². The quantitative estimate of drug-likeness (QED) is 0.171. The van der Waals surface area contributed by atoms with Gasteiger partial charge in [0.2, 0.25) is 11.7 Å². The number of rotatable bonds is 5. The summed E-state index contributed by atoms with van der Waals surface area (Å²) >= 11 is 12.9. The van der Waals surface area contributed by atoms with Crippen molar-refractivity contribution in [2.24, 2.45) is 11.8 Å². The van der Waals surface area contributed by atoms with Gasteiger partial charge in [0.1, 0.15) is 28.9 Å². The van der Waals surface area contributed by atoms with Gasteiger partial charge in [-0.2, -0.15) is 0 Å². The largest absolute Gasteiger partial charge is 0.493 e. The summed E-state index contributed by atoms with van der Waals surface area (Å²) < 4.78 is 19.7. The molecule has 3 aliphatic rings. The molecule has 2 aliphatic carbocycles. The van der Waals surface area contributed by atoms with Gasteiger partial charge >= 0.3 is 5.97 Å². The summed E-state index contributed by atoms with van der Waals surface area (Å²) in [5, 5.41) is 11.7. The number of halogens is 1. The molecule has 0 saturated heterocycles. The van der Waals surface area contributed by atoms with E-state index in [1.165, 1.54) is 36.7 Å². The highest BCUT2D eigenvalue weighted by Gasteiger charge is 2.41. The lowest BCUT2D eigenvalue weighted by Gasteiger charge is -2.23. The predicted octanol–water partition coefficient (Wildman–Crippen LogP) is 5.95. The molecule has 10 heteroatoms. The Morgan fingerprint density at radius 2 is 1.93 bits per heavy atom. The van der Waals surface area contributed by atoms with E-state index in [2.05, 4.69) is 0 Å². The van der Waals surface area contributed by atoms with Crippen molar-refractivity contribution in [1.29, 1.82) is 0 Å². The fourth-order valence-electron chi connectivity index (χ4n) is 6.21. The number of benzene rings is 2. The summed E-state index contributed by atoms with van der Waals surface area (Å²) in [7, 11) is 0. The number of Topliss-reactive ketones (excluding diaryl/α,β-unsaturated/α-hetero) is 1. The van der Waals surface area contributed by atoms with Crippen LogP contribution in [0.2, 0.25) is 5.02 Å². The zero-order chi connectivity index (χ0) is 28.2. The molecule has 7 nitrogen and oxygen atoms in total. The summed E-state index contributed by atoms with van der Waals surface area (Å²) in [4.78, 5) is 26.8. The van der Waals surface area contributed by atoms with Crippen molar-refractivity contribution in [1.82, 2.24) is 4.57 Å². The number of hydrogen-bond donors (Lipinski definition) is 1. The van der Waals surface area contributed by atoms with Gasteiger partial charge in [-0.15, -0.1) is 11.3 Å². The molecule has 41 heavy (non-hydrogen) atoms. The predicted molar refractivity (Wildman–Crippen MR) is 156 cm³/mol. The minimum atomic E-state index is -0.792. The summed E-state index contributed by atoms with van der Waals surface area (Å²) in [6.45, 7) is 0.279. The Balaban J connectivity index is 1.18. The molecule has 2 fully saturated rings. The van der Waals surface area contributed by atoms with Crippen molar-refractivity contribution in [3.8, 4) is 17.4 Å². The maximum absolute atomic E-state index is 13.4. The van der Waals surface area contributed by atoms with E-state index in [0.717, 1.165) is 12.0 Å². The fourth-order valence-corrected chi connectivity index (χ4v) is 7.70. The summed E-state index contributed by atoms with van der Waals surface area (Å²) in [5.74, 6) is 0.709. The number of carbonyl (C=O) groups is 2. The van der Waals surface area contributed by atoms with E-state index < -0.39 is 11.8 Å². The fraction of sp³-hybridized carbons (Fsp3) is 0.258. The maximum atomic E-state index is 13.4. The second-order valence-electron chi connectivity index (χ2n) is 10.7. The zero-order valence-corrected chi connectivity index (χ0v) is 24.1. The van der Waals surface area contributed by atoms with Gasteiger partial charge in [-0.3, -0.25) is 9.36 Å². The summed E-state index contributed by atoms with van der Waals surface area (Å²) in [6, 6.07) is 15.4. The smallest absolute Gasteiger partial charge is 0.351 e. The van der Waals surface area contributed by atoms with E-state index in [1.807, 2.05) is 16.7 Å². The van der Waals surface area contributed by atoms with Gasteiger partial charge in [0.25, 0.3) is 0 Å². The number of aromatic hydroxyl groups is 1. The molecule has 4 aromatic rings. The number of ether oxygens (including phenoxy) is 2. The van der Waals surface area contributed by atoms with Crippen LogP contribution in [-0.4, -0.2) is 21.4 Å². The Bertz CT molecular complexity index is 1890. The minimum absolute atomic E-state index is 0.0833. The maximum Gasteiger partial charge on any atom is 0.351 e. The van der Waals surface area contributed by atoms with E-state index in [4.69, 9.17) is 37.7 Å². The highest BCUT2D eigenvalue weighted by atomic mass is 35.5. The average molecular weight is 606 g/mol. The van der Waals surface area contributed by atoms with Gasteiger partial charge in [0.05, 0.1) is 10.4 Å². The van der Waals surface area contributed by atoms with Crippen LogP contribution in [0, 0.1) is 15.8 Å². The zero-order valence-electron chi connectivity index (χ0n) is 21.7. The monoisotopic (exact) mass is 605 g/mol. The van der Waals surface area contributed by atoms with E-state index in [1.54, 1.807) is 42.5 Å². The molecule has 0 amide bonds. The van der Waals surface area contributed by atoms with Gasteiger partial charge in [0.15, 0.2) is 9.53 Å². The normalized spacial score (nSPS) is 23.1. The van der Waals surface area contributed by atoms with E-state index in [-0.39, 0.29) is 40.8 Å². The molecule has 3 atom stereocenters. The first-order valence-corrected chi connectivity index (χ1v) is 15.0. The number of thiazole rings is 1. The minimum Gasteiger partial charge on any atom is -0.493 e. The third kappa shape index (κ3) is 4.81. The number of hydrogen-bond acceptors (Lipinski definition) is 8. The number of nitrogens with zero attached hydrogens (tertiary/aromatic N) is 1. The van der Waals surface area contributed by atoms with E-state index in [9.17, 15) is 14.7 Å². The Morgan fingerprint density at radius 1 is 1.10 bits per heavy atom. The van der Waals surface area contributed by atoms with Crippen LogP contribution in [0.1, 0.15) is 52.5 Å². The van der Waals surface area contributed by atoms with Gasteiger partial charge < -0.3 is 19.0 Å². The van der Waals surface area contributed by atoms with Crippen LogP contribution in [0.15, 0.2) is 59.0 Å². The van der Waals surface area contributed by atoms with Crippen LogP contribution in [-0.2, 0) is 11.4 Å². The SMILES string of the molecule is O=C1Oc2ccc(OCc3ccc(Cl)cc3)cc2C(=O)C1=c1ccc(=Cc2sc(=S)n(C3CC4CCC3C4)c2O)o1. The Morgan fingerprint density at radius 3 is 2.68 bits per heavy atom. The average Bonchev–Trinajstić information content (AvgIpc) is 3.75. The first kappa shape index (κ1) is 26.3. The molecule has 7 rings (SSSR count). The molecule has 0 radical (unpaired) electrons. The second kappa shape index (κ2) is 10.3. The number of esters is 1. The van der Waals surface area contributed by atoms with E-state index >= 15 is 0 Å². The number of aromatic nitrogens is 1. The molecule has 2 bridgehead atoms. The van der Waals surface area contributed by atoms with Crippen molar-refractivity contribution >= 4 is 58.6 Å². The van der Waals surface area contributed by atoms with Crippen LogP contribution in [0.4, 0.5) is 0 Å². The molecule has 1 aliphatic heterocycles. The molecule has 208 valence electrons. The van der Waals surface area contributed by atoms with Gasteiger partial charge in [-0.05, 0) is 91.3 Å². The van der Waals surface area contributed by atoms with Crippen molar-refractivity contribution < 1.29 is 28.6 Å². The molecular weight excluding hydrogens is 582 g/mol. The molecule has 0 spiro atoms. The highest BCUT2D eigenvalue weighted by molar-refractivity contribution is 7.73. The number of furan rings is 1. The molecule has 1 N–H and O–H groups in total. The van der Waals surface area contributed by atoms with Crippen LogP contribution in [0.25, 0.3) is 11.6 Å². The van der Waals surface area contributed by atoms with Gasteiger partial charge in [-0.1, -0.05) is 30.2 Å². The first-order chi connectivity index (χ1) is 19.8. The second-order valence-corrected chi connectivity index (χ2v) is 12.8. The van der Waals surface area contributed by atoms with Crippen molar-refractivity contribution in [2.45, 2.75) is 38.3 Å². The van der Waals surface area contributed by atoms with Gasteiger partial charge in [0, 0.05) is 17.1 Å². The van der Waals surface area contributed by atoms with Crippen LogP contribution in [0.5, 0.6) is 17.4 Å². The Hall–Kier alpha value is -3.66. The Labute approximate surface area is 248 Å². The highest BCUT2D eigenvalue weighted by Crippen LogP contribution is 2.52. The number of carbonyl (C=O) groups excluding carboxylic acids is 2. The third-order valence-electron chi connectivity index (χ3n) is 8.17. The van der Waals surface area contributed by atoms with Crippen LogP contribution < -0.4 is 20.3 Å². The van der Waals surface area contributed by atoms with Gasteiger partial charge in [-0.25, -0.2) is 4.79 Å². The van der Waals surface area contributed by atoms with Crippen LogP contribution >= 0.6 is 35.2 Å². The number of ketones is 1. The molecule has 2 aromatic heterocycles.